The summed E-state index contributed by atoms with van der Waals surface area (Å²) in [7, 11) is 1.38. The highest BCUT2D eigenvalue weighted by Crippen LogP contribution is 2.25. The van der Waals surface area contributed by atoms with Crippen LogP contribution in [-0.2, 0) is 30.8 Å². The van der Waals surface area contributed by atoms with Gasteiger partial charge >= 0.3 is 5.97 Å². The van der Waals surface area contributed by atoms with E-state index in [2.05, 4.69) is 29.2 Å². The van der Waals surface area contributed by atoms with E-state index in [4.69, 9.17) is 9.72 Å². The van der Waals surface area contributed by atoms with Crippen molar-refractivity contribution in [1.82, 2.24) is 14.5 Å². The molecule has 1 aliphatic rings. The molecule has 0 fully saturated rings. The zero-order valence-electron chi connectivity index (χ0n) is 20.6. The van der Waals surface area contributed by atoms with Crippen molar-refractivity contribution < 1.29 is 9.53 Å². The Balaban J connectivity index is 1.39. The average molecular weight is 480 g/mol. The molecule has 0 saturated heterocycles. The molecule has 6 nitrogen and oxygen atoms in total. The Hall–Kier alpha value is -4.03. The summed E-state index contributed by atoms with van der Waals surface area (Å²) in [4.78, 5) is 32.5. The van der Waals surface area contributed by atoms with Crippen molar-refractivity contribution in [1.29, 1.82) is 0 Å². The van der Waals surface area contributed by atoms with Crippen LogP contribution in [0, 0.1) is 6.92 Å². The lowest BCUT2D eigenvalue weighted by atomic mass is 9.99. The van der Waals surface area contributed by atoms with Crippen molar-refractivity contribution in [2.75, 3.05) is 13.7 Å². The Morgan fingerprint density at radius 1 is 0.944 bits per heavy atom. The van der Waals surface area contributed by atoms with E-state index in [0.29, 0.717) is 25.2 Å². The Morgan fingerprint density at radius 3 is 2.42 bits per heavy atom. The highest BCUT2D eigenvalue weighted by Gasteiger charge is 2.23. The quantitative estimate of drug-likeness (QED) is 0.378. The number of esters is 1. The van der Waals surface area contributed by atoms with Gasteiger partial charge in [-0.05, 0) is 41.3 Å². The van der Waals surface area contributed by atoms with Crippen molar-refractivity contribution in [2.45, 2.75) is 33.0 Å². The SMILES string of the molecule is COC(=O)c1ccc(CN2CCc3nc(C)n(Cc4ccccc4-c4ccccc4)c(=O)c3C2)cc1. The summed E-state index contributed by atoms with van der Waals surface area (Å²) in [5.74, 6) is 0.401. The van der Waals surface area contributed by atoms with Crippen LogP contribution in [0.1, 0.15) is 38.6 Å². The molecule has 4 aromatic rings. The van der Waals surface area contributed by atoms with Gasteiger partial charge < -0.3 is 4.74 Å². The number of hydrogen-bond donors (Lipinski definition) is 0. The van der Waals surface area contributed by atoms with Gasteiger partial charge in [-0.1, -0.05) is 66.7 Å². The molecule has 0 unspecified atom stereocenters. The number of aromatic nitrogens is 2. The second kappa shape index (κ2) is 10.3. The molecule has 182 valence electrons. The van der Waals surface area contributed by atoms with E-state index >= 15 is 0 Å². The number of benzene rings is 3. The molecule has 3 aromatic carbocycles. The van der Waals surface area contributed by atoms with Gasteiger partial charge in [0.05, 0.1) is 30.5 Å². The molecule has 0 saturated carbocycles. The first-order chi connectivity index (χ1) is 17.5. The monoisotopic (exact) mass is 479 g/mol. The number of aryl methyl sites for hydroxylation is 1. The van der Waals surface area contributed by atoms with Gasteiger partial charge in [0.15, 0.2) is 0 Å². The van der Waals surface area contributed by atoms with Gasteiger partial charge in [-0.3, -0.25) is 14.3 Å². The van der Waals surface area contributed by atoms with Gasteiger partial charge in [0.2, 0.25) is 0 Å². The van der Waals surface area contributed by atoms with Gasteiger partial charge in [-0.25, -0.2) is 9.78 Å². The van der Waals surface area contributed by atoms with Crippen LogP contribution in [0.2, 0.25) is 0 Å². The molecule has 1 aliphatic heterocycles. The van der Waals surface area contributed by atoms with Gasteiger partial charge in [-0.2, -0.15) is 0 Å². The van der Waals surface area contributed by atoms with E-state index in [-0.39, 0.29) is 11.5 Å². The van der Waals surface area contributed by atoms with Crippen molar-refractivity contribution in [2.24, 2.45) is 0 Å². The zero-order chi connectivity index (χ0) is 25.1. The van der Waals surface area contributed by atoms with Crippen molar-refractivity contribution in [3.05, 3.63) is 123 Å². The second-order valence-electron chi connectivity index (χ2n) is 9.15. The third-order valence-corrected chi connectivity index (χ3v) is 6.80. The average Bonchev–Trinajstić information content (AvgIpc) is 2.92. The number of hydrogen-bond acceptors (Lipinski definition) is 5. The molecular weight excluding hydrogens is 450 g/mol. The van der Waals surface area contributed by atoms with E-state index in [0.717, 1.165) is 52.3 Å². The maximum Gasteiger partial charge on any atom is 0.337 e. The molecule has 0 atom stereocenters. The molecule has 0 aliphatic carbocycles. The van der Waals surface area contributed by atoms with Crippen LogP contribution in [0.3, 0.4) is 0 Å². The van der Waals surface area contributed by atoms with Crippen LogP contribution in [0.15, 0.2) is 83.7 Å². The summed E-state index contributed by atoms with van der Waals surface area (Å²) < 4.78 is 6.58. The summed E-state index contributed by atoms with van der Waals surface area (Å²) in [5, 5.41) is 0. The predicted molar refractivity (Wildman–Crippen MR) is 140 cm³/mol. The number of methoxy groups -OCH3 is 1. The van der Waals surface area contributed by atoms with Crippen LogP contribution in [0.4, 0.5) is 0 Å². The number of ether oxygens (including phenoxy) is 1. The summed E-state index contributed by atoms with van der Waals surface area (Å²) in [6.07, 6.45) is 0.743. The van der Waals surface area contributed by atoms with Crippen LogP contribution in [-0.4, -0.2) is 34.1 Å². The first-order valence-corrected chi connectivity index (χ1v) is 12.2. The highest BCUT2D eigenvalue weighted by molar-refractivity contribution is 5.89. The van der Waals surface area contributed by atoms with Crippen LogP contribution < -0.4 is 5.56 Å². The fraction of sp³-hybridized carbons (Fsp3) is 0.233. The summed E-state index contributed by atoms with van der Waals surface area (Å²) in [6.45, 7) is 4.48. The fourth-order valence-electron chi connectivity index (χ4n) is 4.86. The van der Waals surface area contributed by atoms with Crippen molar-refractivity contribution >= 4 is 5.97 Å². The lowest BCUT2D eigenvalue weighted by Crippen LogP contribution is -2.38. The summed E-state index contributed by atoms with van der Waals surface area (Å²) in [6, 6.07) is 25.9. The third kappa shape index (κ3) is 4.86. The summed E-state index contributed by atoms with van der Waals surface area (Å²) in [5.41, 5.74) is 6.68. The molecule has 5 rings (SSSR count). The van der Waals surface area contributed by atoms with Crippen LogP contribution in [0.25, 0.3) is 11.1 Å². The number of fused-ring (bicyclic) bond motifs is 1. The molecule has 0 radical (unpaired) electrons. The molecule has 0 amide bonds. The number of rotatable bonds is 6. The van der Waals surface area contributed by atoms with Gasteiger partial charge in [0, 0.05) is 26.1 Å². The van der Waals surface area contributed by atoms with E-state index < -0.39 is 0 Å². The lowest BCUT2D eigenvalue weighted by molar-refractivity contribution is 0.0600. The smallest absolute Gasteiger partial charge is 0.337 e. The minimum Gasteiger partial charge on any atom is -0.465 e. The van der Waals surface area contributed by atoms with Gasteiger partial charge in [0.25, 0.3) is 5.56 Å². The Kier molecular flexibility index (Phi) is 6.78. The normalized spacial score (nSPS) is 13.3. The highest BCUT2D eigenvalue weighted by atomic mass is 16.5. The largest absolute Gasteiger partial charge is 0.465 e. The summed E-state index contributed by atoms with van der Waals surface area (Å²) >= 11 is 0. The lowest BCUT2D eigenvalue weighted by Gasteiger charge is -2.28. The van der Waals surface area contributed by atoms with E-state index in [9.17, 15) is 9.59 Å². The predicted octanol–water partition coefficient (Wildman–Crippen LogP) is 4.61. The number of carbonyl (C=O) groups is 1. The van der Waals surface area contributed by atoms with E-state index in [1.165, 1.54) is 7.11 Å². The first kappa shape index (κ1) is 23.7. The molecule has 36 heavy (non-hydrogen) atoms. The molecule has 2 heterocycles. The van der Waals surface area contributed by atoms with Gasteiger partial charge in [-0.15, -0.1) is 0 Å². The molecule has 0 bridgehead atoms. The van der Waals surface area contributed by atoms with Crippen LogP contribution in [0.5, 0.6) is 0 Å². The minimum absolute atomic E-state index is 0.0334. The maximum absolute atomic E-state index is 13.7. The number of carbonyl (C=O) groups excluding carboxylic acids is 1. The third-order valence-electron chi connectivity index (χ3n) is 6.80. The molecular formula is C30H29N3O3. The van der Waals surface area contributed by atoms with E-state index in [1.54, 1.807) is 16.7 Å². The zero-order valence-corrected chi connectivity index (χ0v) is 20.6. The van der Waals surface area contributed by atoms with Crippen molar-refractivity contribution in [3.8, 4) is 11.1 Å². The molecule has 0 spiro atoms. The minimum atomic E-state index is -0.343. The molecule has 6 heteroatoms. The second-order valence-corrected chi connectivity index (χ2v) is 9.15. The topological polar surface area (TPSA) is 64.4 Å². The first-order valence-electron chi connectivity index (χ1n) is 12.2. The molecule has 1 aromatic heterocycles. The van der Waals surface area contributed by atoms with Crippen molar-refractivity contribution in [3.63, 3.8) is 0 Å². The standard InChI is InChI=1S/C30H29N3O3/c1-21-31-28-16-17-32(18-22-12-14-24(15-13-22)30(35)36-2)20-27(28)29(34)33(21)19-25-10-6-7-11-26(25)23-8-4-3-5-9-23/h3-15H,16-20H2,1-2H3. The number of nitrogens with zero attached hydrogens (tertiary/aromatic N) is 3. The maximum atomic E-state index is 13.7. The van der Waals surface area contributed by atoms with E-state index in [1.807, 2.05) is 49.4 Å². The Labute approximate surface area is 210 Å². The fourth-order valence-corrected chi connectivity index (χ4v) is 4.86. The molecule has 0 N–H and O–H groups in total. The van der Waals surface area contributed by atoms with Crippen LogP contribution >= 0.6 is 0 Å². The van der Waals surface area contributed by atoms with Gasteiger partial charge in [0.1, 0.15) is 5.82 Å². The Bertz CT molecular complexity index is 1440. The Morgan fingerprint density at radius 2 is 1.67 bits per heavy atom.